The molecule has 178 valence electrons. The predicted molar refractivity (Wildman–Crippen MR) is 134 cm³/mol. The van der Waals surface area contributed by atoms with Crippen molar-refractivity contribution in [1.29, 1.82) is 5.26 Å². The van der Waals surface area contributed by atoms with E-state index >= 15 is 0 Å². The van der Waals surface area contributed by atoms with E-state index in [0.717, 1.165) is 11.1 Å². The number of methoxy groups -OCH3 is 1. The summed E-state index contributed by atoms with van der Waals surface area (Å²) in [5.74, 6) is -0.426. The van der Waals surface area contributed by atoms with Crippen LogP contribution in [0.5, 0.6) is 17.2 Å². The molecule has 0 aliphatic heterocycles. The van der Waals surface area contributed by atoms with E-state index in [-0.39, 0.29) is 30.3 Å². The molecule has 0 heterocycles. The molecular formula is C27H22BrNO6. The first-order valence-electron chi connectivity index (χ1n) is 10.6. The van der Waals surface area contributed by atoms with Gasteiger partial charge in [0, 0.05) is 0 Å². The van der Waals surface area contributed by atoms with E-state index in [0.29, 0.717) is 15.8 Å². The molecule has 0 radical (unpaired) electrons. The van der Waals surface area contributed by atoms with E-state index < -0.39 is 11.9 Å². The number of rotatable bonds is 9. The van der Waals surface area contributed by atoms with E-state index in [4.69, 9.17) is 18.9 Å². The second kappa shape index (κ2) is 12.4. The quantitative estimate of drug-likeness (QED) is 0.153. The van der Waals surface area contributed by atoms with Crippen molar-refractivity contribution in [1.82, 2.24) is 0 Å². The lowest BCUT2D eigenvalue weighted by Crippen LogP contribution is -2.18. The van der Waals surface area contributed by atoms with Crippen molar-refractivity contribution >= 4 is 33.9 Å². The van der Waals surface area contributed by atoms with Gasteiger partial charge in [-0.25, -0.2) is 9.59 Å². The van der Waals surface area contributed by atoms with Gasteiger partial charge < -0.3 is 18.9 Å². The van der Waals surface area contributed by atoms with Crippen molar-refractivity contribution < 1.29 is 28.5 Å². The molecule has 3 aromatic rings. The summed E-state index contributed by atoms with van der Waals surface area (Å²) in [6.07, 6.45) is 1.37. The van der Waals surface area contributed by atoms with Crippen LogP contribution < -0.4 is 14.2 Å². The van der Waals surface area contributed by atoms with E-state index in [2.05, 4.69) is 15.9 Å². The summed E-state index contributed by atoms with van der Waals surface area (Å²) in [5, 5.41) is 9.19. The molecule has 8 heteroatoms. The van der Waals surface area contributed by atoms with Gasteiger partial charge in [-0.05, 0) is 69.9 Å². The lowest BCUT2D eigenvalue weighted by Gasteiger charge is -2.12. The molecule has 0 spiro atoms. The normalized spacial score (nSPS) is 10.7. The van der Waals surface area contributed by atoms with Crippen LogP contribution >= 0.6 is 15.9 Å². The highest BCUT2D eigenvalue weighted by Gasteiger charge is 2.14. The van der Waals surface area contributed by atoms with E-state index in [1.807, 2.05) is 48.5 Å². The van der Waals surface area contributed by atoms with E-state index in [1.54, 1.807) is 25.1 Å². The summed E-state index contributed by atoms with van der Waals surface area (Å²) in [4.78, 5) is 24.2. The van der Waals surface area contributed by atoms with Crippen LogP contribution in [0, 0.1) is 11.3 Å². The molecule has 0 amide bonds. The third-order valence-corrected chi connectivity index (χ3v) is 5.34. The van der Waals surface area contributed by atoms with Crippen LogP contribution in [0.25, 0.3) is 17.2 Å². The maximum absolute atomic E-state index is 12.4. The highest BCUT2D eigenvalue weighted by atomic mass is 79.9. The Bertz CT molecular complexity index is 1280. The molecule has 3 aromatic carbocycles. The van der Waals surface area contributed by atoms with Gasteiger partial charge in [0.25, 0.3) is 0 Å². The van der Waals surface area contributed by atoms with Gasteiger partial charge in [0.05, 0.1) is 18.2 Å². The lowest BCUT2D eigenvalue weighted by atomic mass is 10.1. The number of ether oxygens (including phenoxy) is 4. The zero-order valence-electron chi connectivity index (χ0n) is 19.1. The Kier molecular flexibility index (Phi) is 9.04. The highest BCUT2D eigenvalue weighted by Crippen LogP contribution is 2.32. The molecule has 0 fully saturated rings. The maximum Gasteiger partial charge on any atom is 0.349 e. The van der Waals surface area contributed by atoms with Gasteiger partial charge in [0.2, 0.25) is 0 Å². The molecular weight excluding hydrogens is 514 g/mol. The SMILES string of the molecule is CCOC(=O)/C(C#N)=C/c1ccc(OC(=O)COc2ccc(-c3ccccc3)cc2Br)c(OC)c1. The molecule has 0 aliphatic rings. The smallest absolute Gasteiger partial charge is 0.349 e. The first kappa shape index (κ1) is 25.5. The summed E-state index contributed by atoms with van der Waals surface area (Å²) in [5.41, 5.74) is 2.42. The standard InChI is InChI=1S/C27H22BrNO6/c1-3-33-27(31)21(16-29)13-18-9-11-24(25(14-18)32-2)35-26(30)17-34-23-12-10-20(15-22(23)28)19-7-5-4-6-8-19/h4-15H,3,17H2,1-2H3/b21-13+. The summed E-state index contributed by atoms with van der Waals surface area (Å²) in [6, 6.07) is 21.9. The summed E-state index contributed by atoms with van der Waals surface area (Å²) in [6.45, 7) is 1.49. The molecule has 0 saturated heterocycles. The maximum atomic E-state index is 12.4. The molecule has 0 atom stereocenters. The topological polar surface area (TPSA) is 94.9 Å². The Labute approximate surface area is 211 Å². The zero-order valence-corrected chi connectivity index (χ0v) is 20.7. The van der Waals surface area contributed by atoms with E-state index in [9.17, 15) is 14.9 Å². The third-order valence-electron chi connectivity index (χ3n) is 4.72. The van der Waals surface area contributed by atoms with Crippen LogP contribution in [0.3, 0.4) is 0 Å². The van der Waals surface area contributed by atoms with Crippen LogP contribution in [0.4, 0.5) is 0 Å². The minimum Gasteiger partial charge on any atom is -0.493 e. The second-order valence-corrected chi connectivity index (χ2v) is 7.93. The fourth-order valence-electron chi connectivity index (χ4n) is 3.09. The predicted octanol–water partition coefficient (Wildman–Crippen LogP) is 5.58. The molecule has 0 aromatic heterocycles. The van der Waals surface area contributed by atoms with Crippen molar-refractivity contribution in [3.05, 3.63) is 82.3 Å². The fourth-order valence-corrected chi connectivity index (χ4v) is 3.58. The minimum absolute atomic E-state index is 0.157. The summed E-state index contributed by atoms with van der Waals surface area (Å²) >= 11 is 3.48. The monoisotopic (exact) mass is 535 g/mol. The van der Waals surface area contributed by atoms with Gasteiger partial charge in [0.15, 0.2) is 18.1 Å². The molecule has 7 nitrogen and oxygen atoms in total. The number of carbonyl (C=O) groups excluding carboxylic acids is 2. The van der Waals surface area contributed by atoms with Gasteiger partial charge in [-0.2, -0.15) is 5.26 Å². The van der Waals surface area contributed by atoms with E-state index in [1.165, 1.54) is 19.3 Å². The first-order chi connectivity index (χ1) is 16.9. The molecule has 0 N–H and O–H groups in total. The van der Waals surface area contributed by atoms with Crippen LogP contribution in [0.15, 0.2) is 76.8 Å². The number of esters is 2. The Morgan fingerprint density at radius 1 is 0.971 bits per heavy atom. The van der Waals surface area contributed by atoms with Crippen molar-refractivity contribution in [2.45, 2.75) is 6.92 Å². The van der Waals surface area contributed by atoms with Gasteiger partial charge in [0.1, 0.15) is 17.4 Å². The number of benzene rings is 3. The van der Waals surface area contributed by atoms with Crippen LogP contribution in [0.2, 0.25) is 0 Å². The Morgan fingerprint density at radius 2 is 1.71 bits per heavy atom. The Balaban J connectivity index is 1.66. The minimum atomic E-state index is -0.718. The first-order valence-corrected chi connectivity index (χ1v) is 11.4. The van der Waals surface area contributed by atoms with Crippen molar-refractivity contribution in [2.24, 2.45) is 0 Å². The van der Waals surface area contributed by atoms with Crippen molar-refractivity contribution in [3.63, 3.8) is 0 Å². The molecule has 0 saturated carbocycles. The van der Waals surface area contributed by atoms with Gasteiger partial charge >= 0.3 is 11.9 Å². The number of hydrogen-bond acceptors (Lipinski definition) is 7. The molecule has 3 rings (SSSR count). The average Bonchev–Trinajstić information content (AvgIpc) is 2.87. The second-order valence-electron chi connectivity index (χ2n) is 7.07. The number of halogens is 1. The lowest BCUT2D eigenvalue weighted by molar-refractivity contribution is -0.138. The molecule has 0 aliphatic carbocycles. The molecule has 35 heavy (non-hydrogen) atoms. The van der Waals surface area contributed by atoms with Gasteiger partial charge in [-0.1, -0.05) is 42.5 Å². The number of nitriles is 1. The van der Waals surface area contributed by atoms with Crippen molar-refractivity contribution in [3.8, 4) is 34.4 Å². The van der Waals surface area contributed by atoms with Gasteiger partial charge in [-0.15, -0.1) is 0 Å². The number of carbonyl (C=O) groups is 2. The fraction of sp³-hybridized carbons (Fsp3) is 0.148. The van der Waals surface area contributed by atoms with Crippen LogP contribution in [-0.2, 0) is 14.3 Å². The Hall–Kier alpha value is -4.09. The summed E-state index contributed by atoms with van der Waals surface area (Å²) in [7, 11) is 1.42. The Morgan fingerprint density at radius 3 is 2.37 bits per heavy atom. The summed E-state index contributed by atoms with van der Waals surface area (Å²) < 4.78 is 21.8. The van der Waals surface area contributed by atoms with Crippen LogP contribution in [0.1, 0.15) is 12.5 Å². The largest absolute Gasteiger partial charge is 0.493 e. The number of nitrogens with zero attached hydrogens (tertiary/aromatic N) is 1. The zero-order chi connectivity index (χ0) is 25.2. The third kappa shape index (κ3) is 6.95. The highest BCUT2D eigenvalue weighted by molar-refractivity contribution is 9.10. The van der Waals surface area contributed by atoms with Crippen LogP contribution in [-0.4, -0.2) is 32.3 Å². The molecule has 0 unspecified atom stereocenters. The number of hydrogen-bond donors (Lipinski definition) is 0. The van der Waals surface area contributed by atoms with Gasteiger partial charge in [-0.3, -0.25) is 0 Å². The molecule has 0 bridgehead atoms. The van der Waals surface area contributed by atoms with Crippen molar-refractivity contribution in [2.75, 3.05) is 20.3 Å². The average molecular weight is 536 g/mol.